The molecule has 0 radical (unpaired) electrons. The molecule has 33 heavy (non-hydrogen) atoms. The number of amides is 1. The van der Waals surface area contributed by atoms with Crippen LogP contribution in [0, 0.1) is 13.8 Å². The summed E-state index contributed by atoms with van der Waals surface area (Å²) in [5, 5.41) is 9.23. The molecule has 1 aliphatic rings. The lowest BCUT2D eigenvalue weighted by atomic mass is 10.0. The number of nitrogens with zero attached hydrogens (tertiary/aromatic N) is 1. The molecule has 2 atom stereocenters. The summed E-state index contributed by atoms with van der Waals surface area (Å²) in [5.74, 6) is 1.05. The quantitative estimate of drug-likeness (QED) is 0.542. The number of nitrogens with one attached hydrogen (secondary N) is 2. The summed E-state index contributed by atoms with van der Waals surface area (Å²) in [7, 11) is 1.71. The Morgan fingerprint density at radius 3 is 2.61 bits per heavy atom. The van der Waals surface area contributed by atoms with E-state index in [4.69, 9.17) is 4.74 Å². The molecule has 5 nitrogen and oxygen atoms in total. The maximum Gasteiger partial charge on any atom is 0.237 e. The molecule has 174 valence electrons. The number of carbonyl (C=O) groups is 1. The van der Waals surface area contributed by atoms with Crippen LogP contribution in [0.3, 0.4) is 0 Å². The predicted octanol–water partition coefficient (Wildman–Crippen LogP) is 4.33. The summed E-state index contributed by atoms with van der Waals surface area (Å²) >= 11 is 0. The van der Waals surface area contributed by atoms with E-state index in [1.807, 2.05) is 13.0 Å². The van der Waals surface area contributed by atoms with Gasteiger partial charge in [0.2, 0.25) is 5.91 Å². The molecule has 1 saturated heterocycles. The molecular weight excluding hydrogens is 410 g/mol. The van der Waals surface area contributed by atoms with Crippen LogP contribution in [0.15, 0.2) is 54.6 Å². The highest BCUT2D eigenvalue weighted by molar-refractivity contribution is 5.83. The number of fused-ring (bicyclic) bond motifs is 1. The van der Waals surface area contributed by atoms with Gasteiger partial charge < -0.3 is 15.4 Å². The molecule has 4 rings (SSSR count). The van der Waals surface area contributed by atoms with Gasteiger partial charge in [-0.15, -0.1) is 0 Å². The SMILES string of the molecule is CCNC(=O)[C@@H]1C[C@@H](NCc2ccc(OC)c(C)c2C)CN1Cc1ccc2ccccc2c1. The van der Waals surface area contributed by atoms with Crippen LogP contribution in [-0.2, 0) is 17.9 Å². The Bertz CT molecular complexity index is 1130. The van der Waals surface area contributed by atoms with Crippen molar-refractivity contribution in [2.24, 2.45) is 0 Å². The Morgan fingerprint density at radius 2 is 1.85 bits per heavy atom. The van der Waals surface area contributed by atoms with Crippen molar-refractivity contribution in [3.8, 4) is 5.75 Å². The average Bonchev–Trinajstić information content (AvgIpc) is 3.23. The smallest absolute Gasteiger partial charge is 0.237 e. The minimum Gasteiger partial charge on any atom is -0.496 e. The number of likely N-dealkylation sites (N-methyl/N-ethyl adjacent to an activating group) is 1. The average molecular weight is 446 g/mol. The van der Waals surface area contributed by atoms with E-state index in [0.717, 1.165) is 31.8 Å². The van der Waals surface area contributed by atoms with E-state index in [1.165, 1.54) is 33.0 Å². The van der Waals surface area contributed by atoms with Crippen LogP contribution in [0.5, 0.6) is 5.75 Å². The highest BCUT2D eigenvalue weighted by atomic mass is 16.5. The fourth-order valence-electron chi connectivity index (χ4n) is 4.88. The van der Waals surface area contributed by atoms with Crippen molar-refractivity contribution in [1.29, 1.82) is 0 Å². The van der Waals surface area contributed by atoms with Gasteiger partial charge in [-0.05, 0) is 72.4 Å². The first-order valence-corrected chi connectivity index (χ1v) is 11.9. The summed E-state index contributed by atoms with van der Waals surface area (Å²) in [5.41, 5.74) is 4.95. The number of benzene rings is 3. The van der Waals surface area contributed by atoms with E-state index in [2.05, 4.69) is 77.9 Å². The van der Waals surface area contributed by atoms with Crippen LogP contribution in [0.1, 0.15) is 35.6 Å². The third-order valence-electron chi connectivity index (χ3n) is 6.91. The zero-order valence-corrected chi connectivity index (χ0v) is 20.2. The third kappa shape index (κ3) is 5.21. The minimum absolute atomic E-state index is 0.118. The second-order valence-corrected chi connectivity index (χ2v) is 9.01. The van der Waals surface area contributed by atoms with Gasteiger partial charge in [0.05, 0.1) is 13.2 Å². The van der Waals surface area contributed by atoms with Crippen molar-refractivity contribution in [2.45, 2.75) is 52.4 Å². The number of carbonyl (C=O) groups excluding carboxylic acids is 1. The first-order valence-electron chi connectivity index (χ1n) is 11.9. The normalized spacial score (nSPS) is 18.5. The van der Waals surface area contributed by atoms with Gasteiger partial charge in [0.15, 0.2) is 0 Å². The van der Waals surface area contributed by atoms with E-state index in [-0.39, 0.29) is 18.0 Å². The Morgan fingerprint density at radius 1 is 1.06 bits per heavy atom. The topological polar surface area (TPSA) is 53.6 Å². The highest BCUT2D eigenvalue weighted by Crippen LogP contribution is 2.26. The van der Waals surface area contributed by atoms with Gasteiger partial charge >= 0.3 is 0 Å². The zero-order valence-electron chi connectivity index (χ0n) is 20.2. The van der Waals surface area contributed by atoms with Crippen molar-refractivity contribution in [3.05, 3.63) is 76.9 Å². The van der Waals surface area contributed by atoms with Crippen molar-refractivity contribution in [3.63, 3.8) is 0 Å². The van der Waals surface area contributed by atoms with Crippen LogP contribution in [-0.4, -0.2) is 43.1 Å². The summed E-state index contributed by atoms with van der Waals surface area (Å²) in [6.07, 6.45) is 0.813. The van der Waals surface area contributed by atoms with Crippen LogP contribution < -0.4 is 15.4 Å². The van der Waals surface area contributed by atoms with Crippen LogP contribution >= 0.6 is 0 Å². The molecule has 5 heteroatoms. The number of likely N-dealkylation sites (tertiary alicyclic amines) is 1. The second kappa shape index (κ2) is 10.4. The summed E-state index contributed by atoms with van der Waals surface area (Å²) in [6, 6.07) is 19.3. The van der Waals surface area contributed by atoms with E-state index in [0.29, 0.717) is 6.54 Å². The van der Waals surface area contributed by atoms with E-state index < -0.39 is 0 Å². The maximum atomic E-state index is 12.9. The molecule has 0 aromatic heterocycles. The van der Waals surface area contributed by atoms with Crippen molar-refractivity contribution < 1.29 is 9.53 Å². The molecule has 0 saturated carbocycles. The number of rotatable bonds is 8. The first kappa shape index (κ1) is 23.3. The molecule has 3 aromatic carbocycles. The maximum absolute atomic E-state index is 12.9. The van der Waals surface area contributed by atoms with Crippen LogP contribution in [0.25, 0.3) is 10.8 Å². The lowest BCUT2D eigenvalue weighted by Crippen LogP contribution is -2.42. The summed E-state index contributed by atoms with van der Waals surface area (Å²) < 4.78 is 5.45. The van der Waals surface area contributed by atoms with Crippen LogP contribution in [0.4, 0.5) is 0 Å². The van der Waals surface area contributed by atoms with E-state index in [1.54, 1.807) is 7.11 Å². The molecule has 0 aliphatic carbocycles. The Balaban J connectivity index is 1.47. The Hall–Kier alpha value is -2.89. The van der Waals surface area contributed by atoms with Crippen molar-refractivity contribution in [2.75, 3.05) is 20.2 Å². The summed E-state index contributed by atoms with van der Waals surface area (Å²) in [4.78, 5) is 15.2. The number of hydrogen-bond acceptors (Lipinski definition) is 4. The van der Waals surface area contributed by atoms with Crippen molar-refractivity contribution >= 4 is 16.7 Å². The fourth-order valence-corrected chi connectivity index (χ4v) is 4.88. The van der Waals surface area contributed by atoms with E-state index in [9.17, 15) is 4.79 Å². The van der Waals surface area contributed by atoms with Crippen LogP contribution in [0.2, 0.25) is 0 Å². The van der Waals surface area contributed by atoms with Gasteiger partial charge in [-0.2, -0.15) is 0 Å². The van der Waals surface area contributed by atoms with Gasteiger partial charge in [-0.25, -0.2) is 0 Å². The molecule has 0 unspecified atom stereocenters. The standard InChI is InChI=1S/C28H35N3O2/c1-5-29-28(32)26-15-25(30-16-24-12-13-27(33-4)20(3)19(24)2)18-31(26)17-21-10-11-22-8-6-7-9-23(22)14-21/h6-14,25-26,30H,5,15-18H2,1-4H3,(H,29,32)/t25-,26+/m1/s1. The fraction of sp³-hybridized carbons (Fsp3) is 0.393. The molecular formula is C28H35N3O2. The monoisotopic (exact) mass is 445 g/mol. The molecule has 0 spiro atoms. The molecule has 2 N–H and O–H groups in total. The molecule has 3 aromatic rings. The van der Waals surface area contributed by atoms with Gasteiger partial charge in [0.25, 0.3) is 0 Å². The lowest BCUT2D eigenvalue weighted by molar-refractivity contribution is -0.125. The minimum atomic E-state index is -0.118. The van der Waals surface area contributed by atoms with Gasteiger partial charge in [-0.1, -0.05) is 42.5 Å². The largest absolute Gasteiger partial charge is 0.496 e. The summed E-state index contributed by atoms with van der Waals surface area (Å²) in [6.45, 7) is 9.28. The Kier molecular flexibility index (Phi) is 7.31. The molecule has 1 amide bonds. The van der Waals surface area contributed by atoms with Gasteiger partial charge in [0, 0.05) is 32.2 Å². The highest BCUT2D eigenvalue weighted by Gasteiger charge is 2.36. The molecule has 0 bridgehead atoms. The third-order valence-corrected chi connectivity index (χ3v) is 6.91. The predicted molar refractivity (Wildman–Crippen MR) is 135 cm³/mol. The molecule has 1 aliphatic heterocycles. The van der Waals surface area contributed by atoms with Gasteiger partial charge in [-0.3, -0.25) is 9.69 Å². The van der Waals surface area contributed by atoms with Gasteiger partial charge in [0.1, 0.15) is 5.75 Å². The Labute approximate surface area is 197 Å². The second-order valence-electron chi connectivity index (χ2n) is 9.01. The number of ether oxygens (including phenoxy) is 1. The number of hydrogen-bond donors (Lipinski definition) is 2. The molecule has 1 fully saturated rings. The van der Waals surface area contributed by atoms with E-state index >= 15 is 0 Å². The molecule has 1 heterocycles. The lowest BCUT2D eigenvalue weighted by Gasteiger charge is -2.23. The van der Waals surface area contributed by atoms with Crippen molar-refractivity contribution in [1.82, 2.24) is 15.5 Å². The zero-order chi connectivity index (χ0) is 23.4. The first-order chi connectivity index (χ1) is 16.0. The number of methoxy groups -OCH3 is 1.